The second kappa shape index (κ2) is 7.78. The van der Waals surface area contributed by atoms with Crippen LogP contribution in [-0.4, -0.2) is 28.2 Å². The minimum atomic E-state index is -0.517. The zero-order chi connectivity index (χ0) is 16.8. The molecule has 0 aliphatic carbocycles. The van der Waals surface area contributed by atoms with E-state index in [0.717, 1.165) is 30.5 Å². The van der Waals surface area contributed by atoms with Crippen LogP contribution in [0.25, 0.3) is 0 Å². The van der Waals surface area contributed by atoms with E-state index < -0.39 is 11.2 Å². The minimum absolute atomic E-state index is 0.172. The van der Waals surface area contributed by atoms with Gasteiger partial charge in [0.1, 0.15) is 5.82 Å². The first-order valence-corrected chi connectivity index (χ1v) is 7.80. The lowest BCUT2D eigenvalue weighted by Crippen LogP contribution is -2.28. The van der Waals surface area contributed by atoms with Gasteiger partial charge in [0, 0.05) is 24.9 Å². The molecular formula is C17H23N3O3. The second-order valence-corrected chi connectivity index (χ2v) is 5.68. The van der Waals surface area contributed by atoms with Gasteiger partial charge in [-0.15, -0.1) is 0 Å². The Bertz CT molecular complexity index is 736. The second-order valence-electron chi connectivity index (χ2n) is 5.68. The summed E-state index contributed by atoms with van der Waals surface area (Å²) in [6.07, 6.45) is 2.47. The highest BCUT2D eigenvalue weighted by Crippen LogP contribution is 2.25. The van der Waals surface area contributed by atoms with Gasteiger partial charge >= 0.3 is 5.69 Å². The highest BCUT2D eigenvalue weighted by molar-refractivity contribution is 5.61. The van der Waals surface area contributed by atoms with Crippen molar-refractivity contribution in [3.05, 3.63) is 56.2 Å². The van der Waals surface area contributed by atoms with Gasteiger partial charge in [-0.05, 0) is 56.4 Å². The molecule has 6 nitrogen and oxygen atoms in total. The van der Waals surface area contributed by atoms with E-state index in [1.54, 1.807) is 0 Å². The summed E-state index contributed by atoms with van der Waals surface area (Å²) in [5.41, 5.74) is 2.33. The largest absolute Gasteiger partial charge is 0.396 e. The Hall–Kier alpha value is -2.34. The van der Waals surface area contributed by atoms with E-state index in [0.29, 0.717) is 12.4 Å². The zero-order valence-electron chi connectivity index (χ0n) is 13.6. The van der Waals surface area contributed by atoms with Crippen LogP contribution in [0.5, 0.6) is 0 Å². The fourth-order valence-electron chi connectivity index (χ4n) is 2.44. The Morgan fingerprint density at radius 1 is 1.00 bits per heavy atom. The van der Waals surface area contributed by atoms with Crippen molar-refractivity contribution in [2.45, 2.75) is 33.1 Å². The van der Waals surface area contributed by atoms with E-state index in [9.17, 15) is 9.59 Å². The van der Waals surface area contributed by atoms with Crippen molar-refractivity contribution in [3.8, 4) is 0 Å². The third-order valence-electron chi connectivity index (χ3n) is 3.88. The number of hydrogen-bond acceptors (Lipinski definition) is 4. The molecule has 1 aromatic carbocycles. The summed E-state index contributed by atoms with van der Waals surface area (Å²) in [6, 6.07) is 7.44. The summed E-state index contributed by atoms with van der Waals surface area (Å²) in [5, 5.41) is 8.90. The normalized spacial score (nSPS) is 10.7. The summed E-state index contributed by atoms with van der Waals surface area (Å²) >= 11 is 0. The molecular weight excluding hydrogens is 294 g/mol. The molecule has 0 saturated carbocycles. The fraction of sp³-hybridized carbons (Fsp3) is 0.412. The molecule has 124 valence electrons. The van der Waals surface area contributed by atoms with Crippen LogP contribution >= 0.6 is 0 Å². The highest BCUT2D eigenvalue weighted by Gasteiger charge is 2.12. The molecule has 0 atom stereocenters. The lowest BCUT2D eigenvalue weighted by Gasteiger charge is -2.25. The van der Waals surface area contributed by atoms with Crippen LogP contribution in [0, 0.1) is 13.8 Å². The number of unbranched alkanes of at least 4 members (excludes halogenated alkanes) is 2. The van der Waals surface area contributed by atoms with E-state index in [4.69, 9.17) is 5.11 Å². The van der Waals surface area contributed by atoms with E-state index in [2.05, 4.69) is 9.97 Å². The quantitative estimate of drug-likeness (QED) is 0.681. The average Bonchev–Trinajstić information content (AvgIpc) is 2.49. The molecule has 0 radical (unpaired) electrons. The Balaban J connectivity index is 2.35. The Labute approximate surface area is 134 Å². The number of benzene rings is 1. The molecule has 0 aliphatic heterocycles. The van der Waals surface area contributed by atoms with Crippen LogP contribution in [-0.2, 0) is 0 Å². The van der Waals surface area contributed by atoms with Gasteiger partial charge in [-0.25, -0.2) is 4.79 Å². The molecule has 6 heteroatoms. The number of aliphatic hydroxyl groups is 1. The zero-order valence-corrected chi connectivity index (χ0v) is 13.6. The van der Waals surface area contributed by atoms with E-state index in [1.165, 1.54) is 11.6 Å². The number of anilines is 2. The van der Waals surface area contributed by atoms with Crippen molar-refractivity contribution < 1.29 is 5.11 Å². The number of rotatable bonds is 7. The van der Waals surface area contributed by atoms with E-state index >= 15 is 0 Å². The van der Waals surface area contributed by atoms with Gasteiger partial charge in [0.15, 0.2) is 0 Å². The number of nitrogens with zero attached hydrogens (tertiary/aromatic N) is 1. The van der Waals surface area contributed by atoms with Crippen molar-refractivity contribution in [1.29, 1.82) is 0 Å². The van der Waals surface area contributed by atoms with Gasteiger partial charge in [0.25, 0.3) is 5.56 Å². The third-order valence-corrected chi connectivity index (χ3v) is 3.88. The first-order chi connectivity index (χ1) is 11.0. The first-order valence-electron chi connectivity index (χ1n) is 7.80. The minimum Gasteiger partial charge on any atom is -0.396 e. The molecule has 2 aromatic rings. The molecule has 0 fully saturated rings. The van der Waals surface area contributed by atoms with Gasteiger partial charge < -0.3 is 10.0 Å². The number of aromatic nitrogens is 2. The molecule has 0 saturated heterocycles. The lowest BCUT2D eigenvalue weighted by atomic mass is 10.1. The van der Waals surface area contributed by atoms with E-state index in [-0.39, 0.29) is 6.61 Å². The average molecular weight is 317 g/mol. The van der Waals surface area contributed by atoms with Crippen LogP contribution in [0.3, 0.4) is 0 Å². The number of aromatic amines is 2. The predicted molar refractivity (Wildman–Crippen MR) is 91.5 cm³/mol. The number of aryl methyl sites for hydroxylation is 2. The molecule has 23 heavy (non-hydrogen) atoms. The highest BCUT2D eigenvalue weighted by atomic mass is 16.3. The van der Waals surface area contributed by atoms with Crippen LogP contribution in [0.2, 0.25) is 0 Å². The van der Waals surface area contributed by atoms with Crippen LogP contribution in [0.4, 0.5) is 11.5 Å². The van der Waals surface area contributed by atoms with Crippen molar-refractivity contribution in [3.63, 3.8) is 0 Å². The molecule has 0 amide bonds. The Kier molecular flexibility index (Phi) is 5.76. The van der Waals surface area contributed by atoms with Gasteiger partial charge in [-0.3, -0.25) is 14.8 Å². The smallest absolute Gasteiger partial charge is 0.327 e. The Morgan fingerprint density at radius 3 is 2.43 bits per heavy atom. The maximum absolute atomic E-state index is 11.6. The van der Waals surface area contributed by atoms with Gasteiger partial charge in [0.2, 0.25) is 0 Å². The number of hydrogen-bond donors (Lipinski definition) is 3. The summed E-state index contributed by atoms with van der Waals surface area (Å²) in [6.45, 7) is 4.90. The van der Waals surface area contributed by atoms with Crippen LogP contribution < -0.4 is 16.1 Å². The van der Waals surface area contributed by atoms with E-state index in [1.807, 2.05) is 36.9 Å². The van der Waals surface area contributed by atoms with Crippen molar-refractivity contribution in [2.75, 3.05) is 18.1 Å². The summed E-state index contributed by atoms with van der Waals surface area (Å²) in [4.78, 5) is 30.0. The summed E-state index contributed by atoms with van der Waals surface area (Å²) in [7, 11) is 0. The number of nitrogens with one attached hydrogen (secondary N) is 2. The molecule has 0 aliphatic rings. The predicted octanol–water partition coefficient (Wildman–Crippen LogP) is 1.98. The topological polar surface area (TPSA) is 89.2 Å². The number of aliphatic hydroxyl groups excluding tert-OH is 1. The summed E-state index contributed by atoms with van der Waals surface area (Å²) < 4.78 is 0. The molecule has 1 heterocycles. The molecule has 0 spiro atoms. The fourth-order valence-corrected chi connectivity index (χ4v) is 2.44. The molecule has 1 aromatic heterocycles. The third kappa shape index (κ3) is 4.56. The first kappa shape index (κ1) is 17.0. The van der Waals surface area contributed by atoms with Gasteiger partial charge in [-0.2, -0.15) is 0 Å². The van der Waals surface area contributed by atoms with Crippen molar-refractivity contribution >= 4 is 11.5 Å². The standard InChI is InChI=1S/C17H23N3O3/c1-12-6-7-14(10-13(12)2)20(8-4-3-5-9-21)15-11-16(22)19-17(23)18-15/h6-7,10-11,21H,3-5,8-9H2,1-2H3,(H2,18,19,22,23). The SMILES string of the molecule is Cc1ccc(N(CCCCCO)c2cc(=O)[nH]c(=O)[nH]2)cc1C. The lowest BCUT2D eigenvalue weighted by molar-refractivity contribution is 0.283. The van der Waals surface area contributed by atoms with Gasteiger partial charge in [0.05, 0.1) is 0 Å². The van der Waals surface area contributed by atoms with Gasteiger partial charge in [-0.1, -0.05) is 6.07 Å². The number of H-pyrrole nitrogens is 2. The molecule has 3 N–H and O–H groups in total. The Morgan fingerprint density at radius 2 is 1.78 bits per heavy atom. The maximum Gasteiger partial charge on any atom is 0.327 e. The van der Waals surface area contributed by atoms with Crippen molar-refractivity contribution in [1.82, 2.24) is 9.97 Å². The summed E-state index contributed by atoms with van der Waals surface area (Å²) in [5.74, 6) is 0.478. The monoisotopic (exact) mass is 317 g/mol. The maximum atomic E-state index is 11.6. The molecule has 0 unspecified atom stereocenters. The van der Waals surface area contributed by atoms with Crippen molar-refractivity contribution in [2.24, 2.45) is 0 Å². The van der Waals surface area contributed by atoms with Crippen LogP contribution in [0.1, 0.15) is 30.4 Å². The van der Waals surface area contributed by atoms with Crippen LogP contribution in [0.15, 0.2) is 33.9 Å². The molecule has 0 bridgehead atoms. The molecule has 2 rings (SSSR count).